The molecule has 0 amide bonds. The summed E-state index contributed by atoms with van der Waals surface area (Å²) in [6.07, 6.45) is 3.89. The molecule has 0 spiro atoms. The van der Waals surface area contributed by atoms with Crippen LogP contribution in [0.5, 0.6) is 5.75 Å². The van der Waals surface area contributed by atoms with Gasteiger partial charge >= 0.3 is 0 Å². The molecule has 6 heteroatoms. The van der Waals surface area contributed by atoms with Crippen LogP contribution < -0.4 is 10.3 Å². The lowest BCUT2D eigenvalue weighted by Crippen LogP contribution is -3.08. The van der Waals surface area contributed by atoms with Gasteiger partial charge in [0.15, 0.2) is 0 Å². The Morgan fingerprint density at radius 2 is 1.96 bits per heavy atom. The Labute approximate surface area is 159 Å². The highest BCUT2D eigenvalue weighted by Gasteiger charge is 2.22. The molecule has 27 heavy (non-hydrogen) atoms. The number of phenolic OH excluding ortho intramolecular Hbond substituents is 1. The molecule has 5 nitrogen and oxygen atoms in total. The van der Waals surface area contributed by atoms with Gasteiger partial charge in [0.05, 0.1) is 39.8 Å². The van der Waals surface area contributed by atoms with E-state index in [1.54, 1.807) is 12.1 Å². The number of aromatic nitrogens is 1. The Morgan fingerprint density at radius 3 is 2.78 bits per heavy atom. The van der Waals surface area contributed by atoms with Gasteiger partial charge in [-0.2, -0.15) is 0 Å². The topological polar surface area (TPSA) is 67.8 Å². The molecular weight excluding hydrogens is 360 g/mol. The number of para-hydroxylation sites is 1. The molecule has 5 rings (SSSR count). The third-order valence-electron chi connectivity index (χ3n) is 5.28. The number of hydrogen-bond donors (Lipinski definition) is 2. The maximum Gasteiger partial charge on any atom is 0.202 e. The average Bonchev–Trinajstić information content (AvgIpc) is 3.33. The lowest BCUT2D eigenvalue weighted by Gasteiger charge is -2.14. The summed E-state index contributed by atoms with van der Waals surface area (Å²) >= 11 is 1.48. The summed E-state index contributed by atoms with van der Waals surface area (Å²) in [5, 5.41) is 11.5. The van der Waals surface area contributed by atoms with Crippen LogP contribution in [0.4, 0.5) is 0 Å². The Balaban J connectivity index is 1.65. The first-order valence-electron chi connectivity index (χ1n) is 9.16. The van der Waals surface area contributed by atoms with Crippen LogP contribution in [0.15, 0.2) is 51.9 Å². The van der Waals surface area contributed by atoms with Gasteiger partial charge in [-0.1, -0.05) is 12.1 Å². The predicted molar refractivity (Wildman–Crippen MR) is 106 cm³/mol. The number of quaternary nitrogens is 1. The molecule has 0 saturated carbocycles. The average molecular weight is 379 g/mol. The van der Waals surface area contributed by atoms with E-state index in [4.69, 9.17) is 4.42 Å². The fourth-order valence-corrected chi connectivity index (χ4v) is 4.82. The lowest BCUT2D eigenvalue weighted by molar-refractivity contribution is -0.901. The molecule has 3 heterocycles. The van der Waals surface area contributed by atoms with Crippen LogP contribution >= 0.6 is 11.3 Å². The zero-order chi connectivity index (χ0) is 18.4. The van der Waals surface area contributed by atoms with Crippen molar-refractivity contribution in [3.8, 4) is 16.3 Å². The van der Waals surface area contributed by atoms with E-state index in [1.807, 2.05) is 24.3 Å². The van der Waals surface area contributed by atoms with Gasteiger partial charge in [0.25, 0.3) is 0 Å². The van der Waals surface area contributed by atoms with E-state index < -0.39 is 0 Å². The Hall–Kier alpha value is -2.70. The number of aromatic hydroxyl groups is 1. The second-order valence-corrected chi connectivity index (χ2v) is 8.07. The van der Waals surface area contributed by atoms with Crippen LogP contribution in [0.25, 0.3) is 31.8 Å². The second-order valence-electron chi connectivity index (χ2n) is 7.04. The Morgan fingerprint density at radius 1 is 1.15 bits per heavy atom. The number of phenols is 1. The van der Waals surface area contributed by atoms with Crippen LogP contribution in [0, 0.1) is 0 Å². The molecule has 4 aromatic rings. The third-order valence-corrected chi connectivity index (χ3v) is 6.35. The first kappa shape index (κ1) is 16.5. The smallest absolute Gasteiger partial charge is 0.202 e. The molecule has 0 bridgehead atoms. The quantitative estimate of drug-likeness (QED) is 0.574. The highest BCUT2D eigenvalue weighted by atomic mass is 32.1. The number of nitrogens with one attached hydrogen (secondary N) is 1. The first-order valence-corrected chi connectivity index (χ1v) is 9.98. The molecule has 1 aliphatic rings. The van der Waals surface area contributed by atoms with Gasteiger partial charge in [-0.25, -0.2) is 4.98 Å². The van der Waals surface area contributed by atoms with E-state index in [9.17, 15) is 9.90 Å². The molecule has 2 aromatic heterocycles. The summed E-state index contributed by atoms with van der Waals surface area (Å²) in [6.45, 7) is 2.85. The normalized spacial score (nSPS) is 15.1. The zero-order valence-corrected chi connectivity index (χ0v) is 15.5. The zero-order valence-electron chi connectivity index (χ0n) is 14.7. The summed E-state index contributed by atoms with van der Waals surface area (Å²) in [7, 11) is 0. The molecular formula is C21H19N2O3S+. The van der Waals surface area contributed by atoms with Gasteiger partial charge in [-0.15, -0.1) is 11.3 Å². The van der Waals surface area contributed by atoms with Crippen LogP contribution in [-0.2, 0) is 6.54 Å². The van der Waals surface area contributed by atoms with Crippen molar-refractivity contribution >= 4 is 32.5 Å². The van der Waals surface area contributed by atoms with Gasteiger partial charge in [0.1, 0.15) is 29.1 Å². The minimum atomic E-state index is -0.104. The Kier molecular flexibility index (Phi) is 3.95. The number of rotatable bonds is 3. The van der Waals surface area contributed by atoms with Crippen LogP contribution in [0.1, 0.15) is 18.4 Å². The summed E-state index contributed by atoms with van der Waals surface area (Å²) in [5.74, 6) is 0.192. The van der Waals surface area contributed by atoms with Crippen molar-refractivity contribution < 1.29 is 14.4 Å². The highest BCUT2D eigenvalue weighted by Crippen LogP contribution is 2.31. The van der Waals surface area contributed by atoms with E-state index in [1.165, 1.54) is 35.3 Å². The van der Waals surface area contributed by atoms with Crippen LogP contribution in [-0.4, -0.2) is 23.2 Å². The molecule has 1 fully saturated rings. The van der Waals surface area contributed by atoms with Gasteiger partial charge in [0, 0.05) is 12.8 Å². The van der Waals surface area contributed by atoms with Crippen molar-refractivity contribution in [2.75, 3.05) is 13.1 Å². The van der Waals surface area contributed by atoms with Crippen molar-refractivity contribution in [1.82, 2.24) is 4.98 Å². The number of hydrogen-bond acceptors (Lipinski definition) is 5. The van der Waals surface area contributed by atoms with Gasteiger partial charge in [-0.05, 0) is 24.3 Å². The summed E-state index contributed by atoms with van der Waals surface area (Å²) in [6, 6.07) is 11.1. The minimum Gasteiger partial charge on any atom is -0.507 e. The molecule has 1 saturated heterocycles. The molecule has 2 aromatic carbocycles. The van der Waals surface area contributed by atoms with E-state index in [2.05, 4.69) is 4.98 Å². The van der Waals surface area contributed by atoms with Crippen molar-refractivity contribution in [1.29, 1.82) is 0 Å². The maximum absolute atomic E-state index is 13.1. The molecule has 0 atom stereocenters. The number of fused-ring (bicyclic) bond motifs is 2. The number of likely N-dealkylation sites (tertiary alicyclic amines) is 1. The molecule has 2 N–H and O–H groups in total. The van der Waals surface area contributed by atoms with Crippen molar-refractivity contribution in [2.24, 2.45) is 0 Å². The number of nitrogens with zero attached hydrogens (tertiary/aromatic N) is 1. The van der Waals surface area contributed by atoms with Crippen LogP contribution in [0.2, 0.25) is 0 Å². The van der Waals surface area contributed by atoms with E-state index in [0.717, 1.165) is 28.9 Å². The van der Waals surface area contributed by atoms with Crippen molar-refractivity contribution in [3.05, 3.63) is 58.4 Å². The SMILES string of the molecule is O=c1c(-c2nc3ccccc3s2)coc2c(C[NH+]3CCCC3)c(O)ccc12. The molecule has 1 aliphatic heterocycles. The van der Waals surface area contributed by atoms with E-state index in [0.29, 0.717) is 28.1 Å². The maximum atomic E-state index is 13.1. The van der Waals surface area contributed by atoms with E-state index in [-0.39, 0.29) is 11.2 Å². The number of thiazole rings is 1. The molecule has 136 valence electrons. The van der Waals surface area contributed by atoms with Crippen molar-refractivity contribution in [2.45, 2.75) is 19.4 Å². The first-order chi connectivity index (χ1) is 13.2. The Bertz CT molecular complexity index is 1170. The number of benzene rings is 2. The van der Waals surface area contributed by atoms with Crippen LogP contribution in [0.3, 0.4) is 0 Å². The minimum absolute atomic E-state index is 0.104. The standard InChI is InChI=1S/C21H18N2O3S/c24-17-8-7-13-19(25)15(21-22-16-5-1-2-6-18(16)27-21)12-26-20(13)14(17)11-23-9-3-4-10-23/h1-2,5-8,12,24H,3-4,9-11H2/p+1. The predicted octanol–water partition coefficient (Wildman–Crippen LogP) is 2.95. The summed E-state index contributed by atoms with van der Waals surface area (Å²) in [5.41, 5.74) is 2.45. The third kappa shape index (κ3) is 2.81. The molecule has 0 unspecified atom stereocenters. The lowest BCUT2D eigenvalue weighted by atomic mass is 10.1. The molecule has 0 aliphatic carbocycles. The van der Waals surface area contributed by atoms with Gasteiger partial charge in [-0.3, -0.25) is 4.79 Å². The van der Waals surface area contributed by atoms with Gasteiger partial charge < -0.3 is 14.4 Å². The van der Waals surface area contributed by atoms with Gasteiger partial charge in [0.2, 0.25) is 5.43 Å². The largest absolute Gasteiger partial charge is 0.507 e. The summed E-state index contributed by atoms with van der Waals surface area (Å²) < 4.78 is 6.93. The fourth-order valence-electron chi connectivity index (χ4n) is 3.85. The van der Waals surface area contributed by atoms with E-state index >= 15 is 0 Å². The summed E-state index contributed by atoms with van der Waals surface area (Å²) in [4.78, 5) is 19.1. The molecule has 0 radical (unpaired) electrons. The monoisotopic (exact) mass is 379 g/mol. The van der Waals surface area contributed by atoms with Crippen molar-refractivity contribution in [3.63, 3.8) is 0 Å². The second kappa shape index (κ2) is 6.48. The fraction of sp³-hybridized carbons (Fsp3) is 0.238. The highest BCUT2D eigenvalue weighted by molar-refractivity contribution is 7.21.